The summed E-state index contributed by atoms with van der Waals surface area (Å²) < 4.78 is 18.3. The van der Waals surface area contributed by atoms with Crippen LogP contribution >= 0.6 is 11.6 Å². The highest BCUT2D eigenvalue weighted by Crippen LogP contribution is 2.21. The number of methoxy groups -OCH3 is 1. The van der Waals surface area contributed by atoms with E-state index in [-0.39, 0.29) is 5.02 Å². The predicted molar refractivity (Wildman–Crippen MR) is 99.7 cm³/mol. The molecule has 0 aliphatic rings. The predicted octanol–water partition coefficient (Wildman–Crippen LogP) is 4.07. The number of anilines is 3. The van der Waals surface area contributed by atoms with Gasteiger partial charge in [-0.1, -0.05) is 23.7 Å². The van der Waals surface area contributed by atoms with Gasteiger partial charge in [-0.25, -0.2) is 4.39 Å². The van der Waals surface area contributed by atoms with Gasteiger partial charge in [0.15, 0.2) is 5.82 Å². The Balaban J connectivity index is 1.57. The molecule has 2 aromatic carbocycles. The smallest absolute Gasteiger partial charge is 0.249 e. The molecule has 0 saturated heterocycles. The van der Waals surface area contributed by atoms with Crippen LogP contribution in [0, 0.1) is 5.82 Å². The molecule has 1 aromatic heterocycles. The molecule has 6 nitrogen and oxygen atoms in total. The minimum atomic E-state index is -0.481. The van der Waals surface area contributed by atoms with Crippen molar-refractivity contribution in [3.05, 3.63) is 65.1 Å². The molecule has 26 heavy (non-hydrogen) atoms. The molecule has 3 rings (SSSR count). The van der Waals surface area contributed by atoms with Gasteiger partial charge in [-0.05, 0) is 42.3 Å². The van der Waals surface area contributed by atoms with E-state index in [2.05, 4.69) is 25.8 Å². The Morgan fingerprint density at radius 1 is 1.15 bits per heavy atom. The van der Waals surface area contributed by atoms with E-state index in [0.717, 1.165) is 12.2 Å². The molecule has 0 saturated carbocycles. The van der Waals surface area contributed by atoms with Crippen LogP contribution in [-0.4, -0.2) is 28.8 Å². The van der Waals surface area contributed by atoms with Gasteiger partial charge >= 0.3 is 0 Å². The molecule has 0 aliphatic heterocycles. The zero-order valence-corrected chi connectivity index (χ0v) is 14.8. The molecule has 0 radical (unpaired) electrons. The van der Waals surface area contributed by atoms with Crippen molar-refractivity contribution in [3.63, 3.8) is 0 Å². The molecule has 0 atom stereocenters. The number of hydrogen-bond acceptors (Lipinski definition) is 6. The second-order valence-corrected chi connectivity index (χ2v) is 5.85. The quantitative estimate of drug-likeness (QED) is 0.650. The van der Waals surface area contributed by atoms with Crippen molar-refractivity contribution in [2.45, 2.75) is 6.42 Å². The summed E-state index contributed by atoms with van der Waals surface area (Å²) in [5, 5.41) is 14.0. The second-order valence-electron chi connectivity index (χ2n) is 5.44. The van der Waals surface area contributed by atoms with Crippen molar-refractivity contribution < 1.29 is 9.13 Å². The van der Waals surface area contributed by atoms with Crippen LogP contribution in [0.4, 0.5) is 21.8 Å². The van der Waals surface area contributed by atoms with E-state index in [4.69, 9.17) is 16.3 Å². The van der Waals surface area contributed by atoms with E-state index in [1.54, 1.807) is 13.2 Å². The summed E-state index contributed by atoms with van der Waals surface area (Å²) in [4.78, 5) is 4.33. The van der Waals surface area contributed by atoms with Crippen molar-refractivity contribution >= 4 is 29.1 Å². The highest BCUT2D eigenvalue weighted by Gasteiger charge is 2.04. The van der Waals surface area contributed by atoms with Crippen molar-refractivity contribution in [2.24, 2.45) is 0 Å². The Morgan fingerprint density at radius 2 is 1.96 bits per heavy atom. The summed E-state index contributed by atoms with van der Waals surface area (Å²) in [7, 11) is 1.64. The molecule has 134 valence electrons. The third kappa shape index (κ3) is 4.80. The van der Waals surface area contributed by atoms with E-state index < -0.39 is 5.82 Å². The molecule has 0 fully saturated rings. The maximum Gasteiger partial charge on any atom is 0.249 e. The summed E-state index contributed by atoms with van der Waals surface area (Å²) in [6.45, 7) is 0.687. The summed E-state index contributed by atoms with van der Waals surface area (Å²) in [6.07, 6.45) is 2.36. The summed E-state index contributed by atoms with van der Waals surface area (Å²) in [6, 6.07) is 12.2. The van der Waals surface area contributed by atoms with Gasteiger partial charge < -0.3 is 15.4 Å². The average Bonchev–Trinajstić information content (AvgIpc) is 2.66. The number of halogens is 2. The van der Waals surface area contributed by atoms with Gasteiger partial charge in [0.05, 0.1) is 18.3 Å². The molecule has 1 heterocycles. The van der Waals surface area contributed by atoms with Crippen molar-refractivity contribution in [3.8, 4) is 5.75 Å². The first-order chi connectivity index (χ1) is 12.6. The number of nitrogens with one attached hydrogen (secondary N) is 2. The van der Waals surface area contributed by atoms with Crippen molar-refractivity contribution in [2.75, 3.05) is 24.3 Å². The molecule has 0 amide bonds. The standard InChI is InChI=1S/C18H17ClFN5O/c1-26-14-5-2-12(3-6-14)8-9-21-17-11-22-25-18(24-17)23-13-4-7-16(20)15(19)10-13/h2-7,10-11H,8-9H2,1H3,(H2,21,23,24,25). The lowest BCUT2D eigenvalue weighted by Gasteiger charge is -2.08. The molecule has 0 unspecified atom stereocenters. The molecule has 0 spiro atoms. The van der Waals surface area contributed by atoms with Gasteiger partial charge in [0.1, 0.15) is 11.6 Å². The van der Waals surface area contributed by atoms with Crippen LogP contribution in [-0.2, 0) is 6.42 Å². The number of benzene rings is 2. The number of aromatic nitrogens is 3. The summed E-state index contributed by atoms with van der Waals surface area (Å²) in [5.74, 6) is 1.23. The van der Waals surface area contributed by atoms with E-state index >= 15 is 0 Å². The Hall–Kier alpha value is -2.93. The van der Waals surface area contributed by atoms with Gasteiger partial charge in [-0.3, -0.25) is 0 Å². The fourth-order valence-electron chi connectivity index (χ4n) is 2.27. The fourth-order valence-corrected chi connectivity index (χ4v) is 2.45. The first kappa shape index (κ1) is 17.9. The van der Waals surface area contributed by atoms with E-state index in [1.807, 2.05) is 24.3 Å². The monoisotopic (exact) mass is 373 g/mol. The number of nitrogens with zero attached hydrogens (tertiary/aromatic N) is 3. The van der Waals surface area contributed by atoms with Gasteiger partial charge in [-0.15, -0.1) is 5.10 Å². The lowest BCUT2D eigenvalue weighted by molar-refractivity contribution is 0.414. The van der Waals surface area contributed by atoms with Crippen molar-refractivity contribution in [1.82, 2.24) is 15.2 Å². The van der Waals surface area contributed by atoms with Crippen LogP contribution in [0.1, 0.15) is 5.56 Å². The second kappa shape index (κ2) is 8.44. The van der Waals surface area contributed by atoms with E-state index in [0.29, 0.717) is 24.0 Å². The van der Waals surface area contributed by atoms with Gasteiger partial charge in [0, 0.05) is 12.2 Å². The third-order valence-corrected chi connectivity index (χ3v) is 3.90. The first-order valence-electron chi connectivity index (χ1n) is 7.92. The Labute approximate surface area is 155 Å². The first-order valence-corrected chi connectivity index (χ1v) is 8.30. The van der Waals surface area contributed by atoms with Crippen LogP contribution in [0.25, 0.3) is 0 Å². The van der Waals surface area contributed by atoms with Crippen LogP contribution in [0.5, 0.6) is 5.75 Å². The molecule has 0 bridgehead atoms. The molecular weight excluding hydrogens is 357 g/mol. The van der Waals surface area contributed by atoms with Crippen LogP contribution in [0.2, 0.25) is 5.02 Å². The topological polar surface area (TPSA) is 72.0 Å². The lowest BCUT2D eigenvalue weighted by Crippen LogP contribution is -2.08. The Bertz CT molecular complexity index is 876. The SMILES string of the molecule is COc1ccc(CCNc2cnnc(Nc3ccc(F)c(Cl)c3)n2)cc1. The molecular formula is C18H17ClFN5O. The summed E-state index contributed by atoms with van der Waals surface area (Å²) in [5.41, 5.74) is 1.76. The highest BCUT2D eigenvalue weighted by molar-refractivity contribution is 6.31. The molecule has 2 N–H and O–H groups in total. The maximum atomic E-state index is 13.2. The third-order valence-electron chi connectivity index (χ3n) is 3.61. The minimum Gasteiger partial charge on any atom is -0.497 e. The molecule has 3 aromatic rings. The fraction of sp³-hybridized carbons (Fsp3) is 0.167. The molecule has 8 heteroatoms. The zero-order valence-electron chi connectivity index (χ0n) is 14.0. The van der Waals surface area contributed by atoms with Crippen molar-refractivity contribution in [1.29, 1.82) is 0 Å². The number of hydrogen-bond donors (Lipinski definition) is 2. The number of ether oxygens (including phenoxy) is 1. The average molecular weight is 374 g/mol. The molecule has 0 aliphatic carbocycles. The van der Waals surface area contributed by atoms with Crippen LogP contribution in [0.15, 0.2) is 48.7 Å². The van der Waals surface area contributed by atoms with Gasteiger partial charge in [0.25, 0.3) is 0 Å². The maximum absolute atomic E-state index is 13.2. The minimum absolute atomic E-state index is 0.0248. The Morgan fingerprint density at radius 3 is 2.69 bits per heavy atom. The van der Waals surface area contributed by atoms with E-state index in [9.17, 15) is 4.39 Å². The normalized spacial score (nSPS) is 10.4. The Kier molecular flexibility index (Phi) is 5.80. The highest BCUT2D eigenvalue weighted by atomic mass is 35.5. The largest absolute Gasteiger partial charge is 0.497 e. The van der Waals surface area contributed by atoms with Gasteiger partial charge in [-0.2, -0.15) is 10.1 Å². The van der Waals surface area contributed by atoms with E-state index in [1.165, 1.54) is 23.9 Å². The van der Waals surface area contributed by atoms with Gasteiger partial charge in [0.2, 0.25) is 5.95 Å². The van der Waals surface area contributed by atoms with Crippen LogP contribution in [0.3, 0.4) is 0 Å². The lowest BCUT2D eigenvalue weighted by atomic mass is 10.1. The van der Waals surface area contributed by atoms with Crippen LogP contribution < -0.4 is 15.4 Å². The number of rotatable bonds is 7. The zero-order chi connectivity index (χ0) is 18.4. The summed E-state index contributed by atoms with van der Waals surface area (Å²) >= 11 is 5.77.